The SMILES string of the molecule is CC(C)(C)OC(=O)N1C[C@@H]2OC(C)(C)O[C@@H]2[C@H]1COC(=O)NC(=N)c1ccc(N)cc1. The van der Waals surface area contributed by atoms with Crippen LogP contribution in [0.2, 0.25) is 0 Å². The molecule has 0 bridgehead atoms. The van der Waals surface area contributed by atoms with Crippen LogP contribution in [0.25, 0.3) is 0 Å². The molecule has 3 atom stereocenters. The number of carbonyl (C=O) groups is 2. The van der Waals surface area contributed by atoms with Gasteiger partial charge < -0.3 is 24.7 Å². The summed E-state index contributed by atoms with van der Waals surface area (Å²) >= 11 is 0. The summed E-state index contributed by atoms with van der Waals surface area (Å²) in [4.78, 5) is 26.4. The molecule has 2 fully saturated rings. The van der Waals surface area contributed by atoms with Crippen LogP contribution < -0.4 is 11.1 Å². The van der Waals surface area contributed by atoms with E-state index in [1.165, 1.54) is 4.90 Å². The second-order valence-electron chi connectivity index (χ2n) is 9.06. The number of anilines is 1. The van der Waals surface area contributed by atoms with Gasteiger partial charge in [0.15, 0.2) is 5.79 Å². The fourth-order valence-corrected chi connectivity index (χ4v) is 3.57. The van der Waals surface area contributed by atoms with Crippen molar-refractivity contribution in [1.82, 2.24) is 10.2 Å². The molecule has 2 aliphatic rings. The molecule has 2 amide bonds. The summed E-state index contributed by atoms with van der Waals surface area (Å²) in [6.07, 6.45) is -2.16. The third-order valence-electron chi connectivity index (χ3n) is 4.82. The van der Waals surface area contributed by atoms with Crippen molar-refractivity contribution < 1.29 is 28.5 Å². The first-order chi connectivity index (χ1) is 14.3. The molecule has 2 aliphatic heterocycles. The van der Waals surface area contributed by atoms with Crippen LogP contribution in [0, 0.1) is 5.41 Å². The predicted molar refractivity (Wildman–Crippen MR) is 113 cm³/mol. The molecule has 1 aromatic carbocycles. The summed E-state index contributed by atoms with van der Waals surface area (Å²) in [5.41, 5.74) is 6.00. The number of nitrogens with zero attached hydrogens (tertiary/aromatic N) is 1. The third-order valence-corrected chi connectivity index (χ3v) is 4.82. The van der Waals surface area contributed by atoms with Crippen molar-refractivity contribution >= 4 is 23.7 Å². The summed E-state index contributed by atoms with van der Waals surface area (Å²) in [5.74, 6) is -0.924. The van der Waals surface area contributed by atoms with Crippen LogP contribution in [0.3, 0.4) is 0 Å². The van der Waals surface area contributed by atoms with Crippen LogP contribution in [0.1, 0.15) is 40.2 Å². The van der Waals surface area contributed by atoms with E-state index in [1.807, 2.05) is 0 Å². The number of hydrogen-bond acceptors (Lipinski definition) is 8. The Kier molecular flexibility index (Phi) is 6.15. The summed E-state index contributed by atoms with van der Waals surface area (Å²) in [7, 11) is 0. The second-order valence-corrected chi connectivity index (χ2v) is 9.06. The van der Waals surface area contributed by atoms with E-state index in [9.17, 15) is 9.59 Å². The maximum atomic E-state index is 12.7. The predicted octanol–water partition coefficient (Wildman–Crippen LogP) is 2.46. The topological polar surface area (TPSA) is 136 Å². The summed E-state index contributed by atoms with van der Waals surface area (Å²) in [6, 6.07) is 5.92. The monoisotopic (exact) mass is 434 g/mol. The standard InChI is InChI=1S/C21H30N4O6/c1-20(2,3)31-19(27)25-10-15-16(30-21(4,5)29-15)14(25)11-28-18(26)24-17(23)12-6-8-13(22)9-7-12/h6-9,14-16H,10-11,22H2,1-5H3,(H2,23,24,26)/t14-,15+,16-/m1/s1. The smallest absolute Gasteiger partial charge is 0.412 e. The lowest BCUT2D eigenvalue weighted by Crippen LogP contribution is -2.47. The number of amides is 2. The molecule has 10 heteroatoms. The number of hydrogen-bond donors (Lipinski definition) is 3. The highest BCUT2D eigenvalue weighted by Gasteiger charge is 2.55. The maximum absolute atomic E-state index is 12.7. The van der Waals surface area contributed by atoms with Gasteiger partial charge >= 0.3 is 12.2 Å². The lowest BCUT2D eigenvalue weighted by molar-refractivity contribution is -0.162. The molecule has 0 saturated carbocycles. The van der Waals surface area contributed by atoms with E-state index in [0.29, 0.717) is 11.3 Å². The maximum Gasteiger partial charge on any atom is 0.412 e. The minimum Gasteiger partial charge on any atom is -0.447 e. The van der Waals surface area contributed by atoms with Crippen LogP contribution in [0.4, 0.5) is 15.3 Å². The summed E-state index contributed by atoms with van der Waals surface area (Å²) in [5, 5.41) is 10.4. The second kappa shape index (κ2) is 8.35. The number of nitrogens with two attached hydrogens (primary N) is 1. The Morgan fingerprint density at radius 2 is 1.90 bits per heavy atom. The minimum atomic E-state index is -0.812. The van der Waals surface area contributed by atoms with Crippen molar-refractivity contribution in [2.75, 3.05) is 18.9 Å². The number of rotatable bonds is 3. The van der Waals surface area contributed by atoms with Crippen molar-refractivity contribution in [2.45, 2.75) is 64.3 Å². The Balaban J connectivity index is 1.64. The Labute approximate surface area is 181 Å². The van der Waals surface area contributed by atoms with Crippen LogP contribution in [-0.2, 0) is 18.9 Å². The Hall–Kier alpha value is -2.85. The fraction of sp³-hybridized carbons (Fsp3) is 0.571. The van der Waals surface area contributed by atoms with Gasteiger partial charge in [0.05, 0.1) is 12.6 Å². The Morgan fingerprint density at radius 1 is 1.26 bits per heavy atom. The van der Waals surface area contributed by atoms with Crippen LogP contribution in [0.15, 0.2) is 24.3 Å². The molecule has 0 unspecified atom stereocenters. The molecule has 170 valence electrons. The number of carbonyl (C=O) groups excluding carboxylic acids is 2. The lowest BCUT2D eigenvalue weighted by atomic mass is 10.1. The van der Waals surface area contributed by atoms with Gasteiger partial charge in [0.1, 0.15) is 30.3 Å². The van der Waals surface area contributed by atoms with E-state index in [-0.39, 0.29) is 25.1 Å². The molecule has 10 nitrogen and oxygen atoms in total. The highest BCUT2D eigenvalue weighted by Crippen LogP contribution is 2.37. The van der Waals surface area contributed by atoms with Gasteiger partial charge in [-0.05, 0) is 58.9 Å². The van der Waals surface area contributed by atoms with Gasteiger partial charge in [0, 0.05) is 11.3 Å². The van der Waals surface area contributed by atoms with Gasteiger partial charge in [-0.2, -0.15) is 0 Å². The number of nitrogen functional groups attached to an aromatic ring is 1. The average Bonchev–Trinajstić information content (AvgIpc) is 3.11. The van der Waals surface area contributed by atoms with Crippen molar-refractivity contribution in [3.05, 3.63) is 29.8 Å². The normalized spacial score (nSPS) is 24.4. The number of ether oxygens (including phenoxy) is 4. The van der Waals surface area contributed by atoms with Crippen molar-refractivity contribution in [3.8, 4) is 0 Å². The largest absolute Gasteiger partial charge is 0.447 e. The zero-order valence-corrected chi connectivity index (χ0v) is 18.4. The van der Waals surface area contributed by atoms with E-state index in [2.05, 4.69) is 5.32 Å². The zero-order valence-electron chi connectivity index (χ0n) is 18.4. The van der Waals surface area contributed by atoms with Gasteiger partial charge in [-0.3, -0.25) is 15.6 Å². The van der Waals surface area contributed by atoms with E-state index in [4.69, 9.17) is 30.1 Å². The molecule has 0 spiro atoms. The molecule has 0 aliphatic carbocycles. The molecule has 31 heavy (non-hydrogen) atoms. The van der Waals surface area contributed by atoms with Crippen molar-refractivity contribution in [1.29, 1.82) is 5.41 Å². The van der Waals surface area contributed by atoms with Crippen LogP contribution in [0.5, 0.6) is 0 Å². The molecular formula is C21H30N4O6. The highest BCUT2D eigenvalue weighted by atomic mass is 16.8. The van der Waals surface area contributed by atoms with Crippen molar-refractivity contribution in [3.63, 3.8) is 0 Å². The number of alkyl carbamates (subject to hydrolysis) is 1. The van der Waals surface area contributed by atoms with Gasteiger partial charge in [0.2, 0.25) is 0 Å². The number of benzene rings is 1. The summed E-state index contributed by atoms with van der Waals surface area (Å²) in [6.45, 7) is 9.04. The van der Waals surface area contributed by atoms with Gasteiger partial charge in [-0.1, -0.05) is 0 Å². The summed E-state index contributed by atoms with van der Waals surface area (Å²) < 4.78 is 22.6. The van der Waals surface area contributed by atoms with E-state index < -0.39 is 35.7 Å². The van der Waals surface area contributed by atoms with Crippen molar-refractivity contribution in [2.24, 2.45) is 0 Å². The third kappa shape index (κ3) is 5.65. The highest BCUT2D eigenvalue weighted by molar-refractivity contribution is 6.04. The fourth-order valence-electron chi connectivity index (χ4n) is 3.57. The van der Waals surface area contributed by atoms with E-state index >= 15 is 0 Å². The number of likely N-dealkylation sites (tertiary alicyclic amines) is 1. The van der Waals surface area contributed by atoms with Crippen LogP contribution in [-0.4, -0.2) is 65.7 Å². The molecule has 0 radical (unpaired) electrons. The van der Waals surface area contributed by atoms with E-state index in [0.717, 1.165) is 0 Å². The molecule has 3 rings (SSSR count). The first-order valence-corrected chi connectivity index (χ1v) is 10.1. The molecular weight excluding hydrogens is 404 g/mol. The van der Waals surface area contributed by atoms with Crippen LogP contribution >= 0.6 is 0 Å². The Bertz CT molecular complexity index is 848. The average molecular weight is 434 g/mol. The van der Waals surface area contributed by atoms with Gasteiger partial charge in [0.25, 0.3) is 0 Å². The minimum absolute atomic E-state index is 0.125. The molecule has 2 heterocycles. The van der Waals surface area contributed by atoms with E-state index in [1.54, 1.807) is 58.9 Å². The number of amidine groups is 1. The first kappa shape index (κ1) is 22.8. The number of fused-ring (bicyclic) bond motifs is 1. The van der Waals surface area contributed by atoms with Gasteiger partial charge in [-0.25, -0.2) is 9.59 Å². The zero-order chi connectivity index (χ0) is 23.0. The lowest BCUT2D eigenvalue weighted by Gasteiger charge is -2.31. The quantitative estimate of drug-likeness (QED) is 0.378. The Morgan fingerprint density at radius 3 is 2.52 bits per heavy atom. The number of nitrogens with one attached hydrogen (secondary N) is 2. The molecule has 0 aromatic heterocycles. The molecule has 4 N–H and O–H groups in total. The van der Waals surface area contributed by atoms with Gasteiger partial charge in [-0.15, -0.1) is 0 Å². The first-order valence-electron chi connectivity index (χ1n) is 10.1. The molecule has 1 aromatic rings. The molecule has 2 saturated heterocycles.